The summed E-state index contributed by atoms with van der Waals surface area (Å²) in [5, 5.41) is 8.42. The van der Waals surface area contributed by atoms with Crippen LogP contribution in [0.25, 0.3) is 0 Å². The monoisotopic (exact) mass is 335 g/mol. The van der Waals surface area contributed by atoms with Crippen molar-refractivity contribution in [1.82, 2.24) is 15.0 Å². The first-order valence-corrected chi connectivity index (χ1v) is 7.14. The normalized spacial score (nSPS) is 12.1. The Bertz CT molecular complexity index is 325. The van der Waals surface area contributed by atoms with E-state index in [0.717, 1.165) is 10.2 Å². The summed E-state index contributed by atoms with van der Waals surface area (Å²) in [4.78, 5) is 0. The van der Waals surface area contributed by atoms with Crippen LogP contribution >= 0.6 is 22.6 Å². The first-order valence-electron chi connectivity index (χ1n) is 6.06. The average molecular weight is 335 g/mol. The topological polar surface area (TPSA) is 30.7 Å². The van der Waals surface area contributed by atoms with E-state index in [1.54, 1.807) is 0 Å². The van der Waals surface area contributed by atoms with Gasteiger partial charge >= 0.3 is 0 Å². The third-order valence-corrected chi connectivity index (χ3v) is 3.35. The summed E-state index contributed by atoms with van der Waals surface area (Å²) in [6.45, 7) is 9.89. The van der Waals surface area contributed by atoms with E-state index < -0.39 is 0 Å². The summed E-state index contributed by atoms with van der Waals surface area (Å²) in [7, 11) is 0. The molecule has 3 nitrogen and oxygen atoms in total. The minimum atomic E-state index is 0.130. The molecule has 0 saturated carbocycles. The van der Waals surface area contributed by atoms with E-state index >= 15 is 0 Å². The van der Waals surface area contributed by atoms with Crippen molar-refractivity contribution < 1.29 is 0 Å². The Morgan fingerprint density at radius 2 is 1.88 bits per heavy atom. The van der Waals surface area contributed by atoms with Gasteiger partial charge in [0.15, 0.2) is 0 Å². The van der Waals surface area contributed by atoms with Crippen molar-refractivity contribution >= 4 is 22.6 Å². The molecule has 0 bridgehead atoms. The Morgan fingerprint density at radius 1 is 1.19 bits per heavy atom. The molecule has 0 amide bonds. The zero-order valence-corrected chi connectivity index (χ0v) is 12.9. The molecular weight excluding hydrogens is 313 g/mol. The molecule has 1 aromatic heterocycles. The van der Waals surface area contributed by atoms with Crippen LogP contribution in [0.3, 0.4) is 0 Å². The number of rotatable bonds is 5. The lowest BCUT2D eigenvalue weighted by Crippen LogP contribution is -2.20. The van der Waals surface area contributed by atoms with E-state index in [1.165, 1.54) is 31.4 Å². The zero-order valence-electron chi connectivity index (χ0n) is 10.8. The number of hydrogen-bond acceptors (Lipinski definition) is 2. The maximum Gasteiger partial charge on any atom is 0.147 e. The highest BCUT2D eigenvalue weighted by atomic mass is 127. The first-order chi connectivity index (χ1) is 7.46. The van der Waals surface area contributed by atoms with Gasteiger partial charge in [0, 0.05) is 12.0 Å². The molecule has 0 saturated heterocycles. The van der Waals surface area contributed by atoms with Crippen LogP contribution in [-0.4, -0.2) is 15.0 Å². The Hall–Kier alpha value is -0.130. The second-order valence-electron chi connectivity index (χ2n) is 5.26. The second kappa shape index (κ2) is 5.98. The lowest BCUT2D eigenvalue weighted by molar-refractivity contribution is 0.458. The van der Waals surface area contributed by atoms with E-state index in [9.17, 15) is 0 Å². The van der Waals surface area contributed by atoms with Gasteiger partial charge in [-0.1, -0.05) is 52.2 Å². The van der Waals surface area contributed by atoms with E-state index in [4.69, 9.17) is 0 Å². The lowest BCUT2D eigenvalue weighted by atomic mass is 9.92. The third kappa shape index (κ3) is 3.71. The van der Waals surface area contributed by atoms with Gasteiger partial charge in [0.2, 0.25) is 0 Å². The highest BCUT2D eigenvalue weighted by Gasteiger charge is 2.23. The summed E-state index contributed by atoms with van der Waals surface area (Å²) >= 11 is 2.28. The SMILES string of the molecule is CCCCCCn1nnc(I)c1C(C)(C)C. The molecule has 0 aliphatic carbocycles. The van der Waals surface area contributed by atoms with Crippen molar-refractivity contribution in [2.75, 3.05) is 0 Å². The largest absolute Gasteiger partial charge is 0.248 e. The van der Waals surface area contributed by atoms with Gasteiger partial charge in [-0.3, -0.25) is 0 Å². The number of unbranched alkanes of at least 4 members (excludes halogenated alkanes) is 3. The fraction of sp³-hybridized carbons (Fsp3) is 0.833. The summed E-state index contributed by atoms with van der Waals surface area (Å²) in [5.41, 5.74) is 1.40. The van der Waals surface area contributed by atoms with Crippen molar-refractivity contribution in [2.45, 2.75) is 65.3 Å². The molecule has 0 N–H and O–H groups in total. The van der Waals surface area contributed by atoms with Crippen molar-refractivity contribution in [3.63, 3.8) is 0 Å². The van der Waals surface area contributed by atoms with Gasteiger partial charge in [-0.2, -0.15) is 0 Å². The minimum absolute atomic E-state index is 0.130. The molecule has 0 aliphatic rings. The fourth-order valence-corrected chi connectivity index (χ4v) is 3.02. The highest BCUT2D eigenvalue weighted by Crippen LogP contribution is 2.25. The predicted molar refractivity (Wildman–Crippen MR) is 75.6 cm³/mol. The average Bonchev–Trinajstić information content (AvgIpc) is 2.54. The highest BCUT2D eigenvalue weighted by molar-refractivity contribution is 14.1. The number of aromatic nitrogens is 3. The summed E-state index contributed by atoms with van der Waals surface area (Å²) in [6, 6.07) is 0. The van der Waals surface area contributed by atoms with Crippen LogP contribution in [0.15, 0.2) is 0 Å². The maximum atomic E-state index is 4.24. The molecular formula is C12H22IN3. The quantitative estimate of drug-likeness (QED) is 0.606. The number of hydrogen-bond donors (Lipinski definition) is 0. The molecule has 0 aliphatic heterocycles. The molecule has 1 heterocycles. The van der Waals surface area contributed by atoms with Crippen molar-refractivity contribution in [2.24, 2.45) is 0 Å². The third-order valence-electron chi connectivity index (χ3n) is 2.63. The molecule has 0 aromatic carbocycles. The molecule has 0 spiro atoms. The molecule has 0 unspecified atom stereocenters. The number of aryl methyl sites for hydroxylation is 1. The van der Waals surface area contributed by atoms with Gasteiger partial charge in [0.25, 0.3) is 0 Å². The molecule has 0 fully saturated rings. The molecule has 0 radical (unpaired) electrons. The lowest BCUT2D eigenvalue weighted by Gasteiger charge is -2.20. The van der Waals surface area contributed by atoms with Gasteiger partial charge in [-0.15, -0.1) is 5.10 Å². The van der Waals surface area contributed by atoms with Crippen LogP contribution in [0, 0.1) is 3.70 Å². The van der Waals surface area contributed by atoms with Crippen LogP contribution < -0.4 is 0 Å². The molecule has 4 heteroatoms. The van der Waals surface area contributed by atoms with Gasteiger partial charge < -0.3 is 0 Å². The minimum Gasteiger partial charge on any atom is -0.248 e. The van der Waals surface area contributed by atoms with Crippen LogP contribution in [-0.2, 0) is 12.0 Å². The summed E-state index contributed by atoms with van der Waals surface area (Å²) in [6.07, 6.45) is 5.09. The Labute approximate surface area is 112 Å². The van der Waals surface area contributed by atoms with Gasteiger partial charge in [0.1, 0.15) is 3.70 Å². The van der Waals surface area contributed by atoms with E-state index in [-0.39, 0.29) is 5.41 Å². The number of nitrogens with zero attached hydrogens (tertiary/aromatic N) is 3. The first kappa shape index (κ1) is 13.9. The Morgan fingerprint density at radius 3 is 2.44 bits per heavy atom. The Balaban J connectivity index is 2.66. The van der Waals surface area contributed by atoms with E-state index in [0.29, 0.717) is 0 Å². The summed E-state index contributed by atoms with van der Waals surface area (Å²) in [5.74, 6) is 0. The van der Waals surface area contributed by atoms with Crippen LogP contribution in [0.5, 0.6) is 0 Å². The molecule has 1 rings (SSSR count). The maximum absolute atomic E-state index is 4.24. The van der Waals surface area contributed by atoms with Crippen LogP contribution in [0.4, 0.5) is 0 Å². The van der Waals surface area contributed by atoms with Crippen LogP contribution in [0.1, 0.15) is 59.1 Å². The molecule has 0 atom stereocenters. The van der Waals surface area contributed by atoms with Gasteiger partial charge in [-0.25, -0.2) is 4.68 Å². The fourth-order valence-electron chi connectivity index (χ4n) is 1.83. The zero-order chi connectivity index (χ0) is 12.2. The molecule has 1 aromatic rings. The Kier molecular flexibility index (Phi) is 5.21. The standard InChI is InChI=1S/C12H22IN3/c1-5-6-7-8-9-16-10(12(2,3)4)11(13)14-15-16/h5-9H2,1-4H3. The number of halogens is 1. The van der Waals surface area contributed by atoms with Crippen molar-refractivity contribution in [1.29, 1.82) is 0 Å². The molecule has 92 valence electrons. The smallest absolute Gasteiger partial charge is 0.147 e. The molecule has 16 heavy (non-hydrogen) atoms. The van der Waals surface area contributed by atoms with Gasteiger partial charge in [-0.05, 0) is 29.0 Å². The van der Waals surface area contributed by atoms with Gasteiger partial charge in [0.05, 0.1) is 5.69 Å². The van der Waals surface area contributed by atoms with Crippen molar-refractivity contribution in [3.05, 3.63) is 9.39 Å². The predicted octanol–water partition coefficient (Wildman–Crippen LogP) is 3.76. The second-order valence-corrected chi connectivity index (χ2v) is 6.28. The summed E-state index contributed by atoms with van der Waals surface area (Å²) < 4.78 is 3.12. The van der Waals surface area contributed by atoms with E-state index in [1.807, 2.05) is 0 Å². The van der Waals surface area contributed by atoms with Crippen LogP contribution in [0.2, 0.25) is 0 Å². The van der Waals surface area contributed by atoms with Crippen molar-refractivity contribution in [3.8, 4) is 0 Å². The van der Waals surface area contributed by atoms with E-state index in [2.05, 4.69) is 65.3 Å².